The van der Waals surface area contributed by atoms with Crippen LogP contribution in [-0.2, 0) is 4.79 Å². The van der Waals surface area contributed by atoms with E-state index in [1.54, 1.807) is 18.2 Å². The number of methoxy groups -OCH3 is 2. The number of hydrogen-bond donors (Lipinski definition) is 2. The zero-order valence-corrected chi connectivity index (χ0v) is 17.1. The smallest absolute Gasteiger partial charge is 0.277 e. The Hall–Kier alpha value is -2.26. The fraction of sp³-hybridized carbons (Fsp3) is 0.176. The first-order valence-electron chi connectivity index (χ1n) is 7.29. The van der Waals surface area contributed by atoms with Gasteiger partial charge in [0, 0.05) is 10.0 Å². The number of nitrogens with one attached hydrogen (secondary N) is 1. The van der Waals surface area contributed by atoms with E-state index in [1.165, 1.54) is 20.4 Å². The van der Waals surface area contributed by atoms with Crippen molar-refractivity contribution in [2.75, 3.05) is 20.8 Å². The summed E-state index contributed by atoms with van der Waals surface area (Å²) in [6.07, 6.45) is 1.40. The molecule has 0 aliphatic carbocycles. The molecule has 0 spiro atoms. The van der Waals surface area contributed by atoms with Gasteiger partial charge in [0.05, 0.1) is 24.9 Å². The molecule has 2 rings (SSSR count). The average Bonchev–Trinajstić information content (AvgIpc) is 2.62. The molecule has 0 saturated heterocycles. The number of hydrogen-bond acceptors (Lipinski definition) is 6. The SMILES string of the molecule is COc1cc(/C=N/NC(=O)COc2ccc(Br)cc2Br)cc(OC)c1O. The summed E-state index contributed by atoms with van der Waals surface area (Å²) in [5.74, 6) is 0.486. The maximum Gasteiger partial charge on any atom is 0.277 e. The second-order valence-electron chi connectivity index (χ2n) is 4.93. The lowest BCUT2D eigenvalue weighted by Crippen LogP contribution is -2.24. The number of aromatic hydroxyl groups is 1. The Kier molecular flexibility index (Phi) is 7.28. The summed E-state index contributed by atoms with van der Waals surface area (Å²) in [5, 5.41) is 13.7. The lowest BCUT2D eigenvalue weighted by atomic mass is 10.2. The molecule has 2 aromatic rings. The highest BCUT2D eigenvalue weighted by atomic mass is 79.9. The molecule has 2 aromatic carbocycles. The summed E-state index contributed by atoms with van der Waals surface area (Å²) in [4.78, 5) is 11.8. The topological polar surface area (TPSA) is 89.4 Å². The van der Waals surface area contributed by atoms with Crippen molar-refractivity contribution >= 4 is 44.0 Å². The van der Waals surface area contributed by atoms with Crippen LogP contribution in [0, 0.1) is 0 Å². The summed E-state index contributed by atoms with van der Waals surface area (Å²) in [6, 6.07) is 8.48. The summed E-state index contributed by atoms with van der Waals surface area (Å²) in [6.45, 7) is -0.195. The van der Waals surface area contributed by atoms with E-state index in [1.807, 2.05) is 12.1 Å². The van der Waals surface area contributed by atoms with E-state index in [-0.39, 0.29) is 23.9 Å². The molecule has 138 valence electrons. The molecule has 0 bridgehead atoms. The first kappa shape index (κ1) is 20.1. The Morgan fingerprint density at radius 3 is 2.38 bits per heavy atom. The average molecular weight is 488 g/mol. The summed E-state index contributed by atoms with van der Waals surface area (Å²) in [5.41, 5.74) is 2.94. The molecule has 0 radical (unpaired) electrons. The molecule has 0 unspecified atom stereocenters. The highest BCUT2D eigenvalue weighted by Gasteiger charge is 2.10. The van der Waals surface area contributed by atoms with Gasteiger partial charge in [0.2, 0.25) is 5.75 Å². The molecule has 7 nitrogen and oxygen atoms in total. The minimum absolute atomic E-state index is 0.107. The van der Waals surface area contributed by atoms with Gasteiger partial charge in [0.25, 0.3) is 5.91 Å². The van der Waals surface area contributed by atoms with Gasteiger partial charge in [-0.25, -0.2) is 5.43 Å². The van der Waals surface area contributed by atoms with Crippen molar-refractivity contribution in [2.24, 2.45) is 5.10 Å². The number of carbonyl (C=O) groups is 1. The normalized spacial score (nSPS) is 10.6. The van der Waals surface area contributed by atoms with E-state index in [0.717, 1.165) is 8.95 Å². The van der Waals surface area contributed by atoms with Crippen LogP contribution in [0.4, 0.5) is 0 Å². The molecule has 0 aliphatic heterocycles. The molecule has 0 aliphatic rings. The third-order valence-electron chi connectivity index (χ3n) is 3.16. The Morgan fingerprint density at radius 2 is 1.81 bits per heavy atom. The van der Waals surface area contributed by atoms with Crippen LogP contribution in [0.3, 0.4) is 0 Å². The number of nitrogens with zero attached hydrogens (tertiary/aromatic N) is 1. The third-order valence-corrected chi connectivity index (χ3v) is 4.27. The first-order valence-corrected chi connectivity index (χ1v) is 8.88. The standard InChI is InChI=1S/C17H16Br2N2O5/c1-24-14-5-10(6-15(25-2)17(14)23)8-20-21-16(22)9-26-13-4-3-11(18)7-12(13)19/h3-8,23H,9H2,1-2H3,(H,21,22)/b20-8+. The van der Waals surface area contributed by atoms with Gasteiger partial charge in [-0.05, 0) is 46.3 Å². The van der Waals surface area contributed by atoms with Gasteiger partial charge in [-0.15, -0.1) is 0 Å². The van der Waals surface area contributed by atoms with Gasteiger partial charge >= 0.3 is 0 Å². The highest BCUT2D eigenvalue weighted by molar-refractivity contribution is 9.11. The fourth-order valence-corrected chi connectivity index (χ4v) is 3.10. The Morgan fingerprint density at radius 1 is 1.15 bits per heavy atom. The number of amides is 1. The molecule has 0 aromatic heterocycles. The van der Waals surface area contributed by atoms with Crippen molar-refractivity contribution in [2.45, 2.75) is 0 Å². The number of benzene rings is 2. The van der Waals surface area contributed by atoms with Crippen molar-refractivity contribution in [3.8, 4) is 23.0 Å². The van der Waals surface area contributed by atoms with Crippen LogP contribution in [0.5, 0.6) is 23.0 Å². The molecular weight excluding hydrogens is 472 g/mol. The number of phenols is 1. The quantitative estimate of drug-likeness (QED) is 0.461. The van der Waals surface area contributed by atoms with E-state index in [4.69, 9.17) is 14.2 Å². The molecule has 2 N–H and O–H groups in total. The van der Waals surface area contributed by atoms with Crippen LogP contribution in [0.1, 0.15) is 5.56 Å². The van der Waals surface area contributed by atoms with Crippen LogP contribution in [0.25, 0.3) is 0 Å². The lowest BCUT2D eigenvalue weighted by molar-refractivity contribution is -0.123. The van der Waals surface area contributed by atoms with Crippen LogP contribution < -0.4 is 19.6 Å². The largest absolute Gasteiger partial charge is 0.502 e. The summed E-state index contributed by atoms with van der Waals surface area (Å²) < 4.78 is 17.2. The van der Waals surface area contributed by atoms with E-state index in [2.05, 4.69) is 42.4 Å². The van der Waals surface area contributed by atoms with E-state index in [9.17, 15) is 9.90 Å². The molecule has 26 heavy (non-hydrogen) atoms. The monoisotopic (exact) mass is 486 g/mol. The maximum atomic E-state index is 11.8. The third kappa shape index (κ3) is 5.37. The predicted octanol–water partition coefficient (Wildman–Crippen LogP) is 3.46. The number of hydrazone groups is 1. The molecule has 0 fully saturated rings. The summed E-state index contributed by atoms with van der Waals surface area (Å²) in [7, 11) is 2.85. The second-order valence-corrected chi connectivity index (χ2v) is 6.70. The van der Waals surface area contributed by atoms with Crippen LogP contribution in [0.15, 0.2) is 44.4 Å². The number of phenolic OH excluding ortho intramolecular Hbond substituents is 1. The molecule has 0 atom stereocenters. The van der Waals surface area contributed by atoms with Crippen LogP contribution in [-0.4, -0.2) is 38.1 Å². The Bertz CT molecular complexity index is 802. The summed E-state index contributed by atoms with van der Waals surface area (Å²) >= 11 is 6.69. The lowest BCUT2D eigenvalue weighted by Gasteiger charge is -2.09. The molecule has 0 saturated carbocycles. The van der Waals surface area contributed by atoms with E-state index in [0.29, 0.717) is 11.3 Å². The van der Waals surface area contributed by atoms with E-state index < -0.39 is 5.91 Å². The minimum atomic E-state index is -0.422. The molecule has 9 heteroatoms. The molecule has 0 heterocycles. The zero-order chi connectivity index (χ0) is 19.1. The van der Waals surface area contributed by atoms with Crippen molar-refractivity contribution in [3.05, 3.63) is 44.8 Å². The second kappa shape index (κ2) is 9.44. The number of rotatable bonds is 7. The highest BCUT2D eigenvalue weighted by Crippen LogP contribution is 2.36. The Balaban J connectivity index is 1.94. The first-order chi connectivity index (χ1) is 12.4. The van der Waals surface area contributed by atoms with Crippen molar-refractivity contribution in [3.63, 3.8) is 0 Å². The predicted molar refractivity (Wildman–Crippen MR) is 104 cm³/mol. The van der Waals surface area contributed by atoms with Crippen LogP contribution in [0.2, 0.25) is 0 Å². The van der Waals surface area contributed by atoms with Crippen molar-refractivity contribution < 1.29 is 24.1 Å². The van der Waals surface area contributed by atoms with Gasteiger partial charge in [-0.3, -0.25) is 4.79 Å². The van der Waals surface area contributed by atoms with Gasteiger partial charge in [-0.1, -0.05) is 15.9 Å². The van der Waals surface area contributed by atoms with Crippen molar-refractivity contribution in [1.82, 2.24) is 5.43 Å². The van der Waals surface area contributed by atoms with Gasteiger partial charge in [0.15, 0.2) is 18.1 Å². The fourth-order valence-electron chi connectivity index (χ4n) is 1.93. The molecular formula is C17H16Br2N2O5. The Labute approximate surface area is 167 Å². The maximum absolute atomic E-state index is 11.8. The zero-order valence-electron chi connectivity index (χ0n) is 14.0. The van der Waals surface area contributed by atoms with E-state index >= 15 is 0 Å². The van der Waals surface area contributed by atoms with Crippen LogP contribution >= 0.6 is 31.9 Å². The van der Waals surface area contributed by atoms with Gasteiger partial charge in [0.1, 0.15) is 5.75 Å². The van der Waals surface area contributed by atoms with Gasteiger partial charge < -0.3 is 19.3 Å². The number of ether oxygens (including phenoxy) is 3. The number of halogens is 2. The van der Waals surface area contributed by atoms with Gasteiger partial charge in [-0.2, -0.15) is 5.10 Å². The number of carbonyl (C=O) groups excluding carboxylic acids is 1. The molecule has 1 amide bonds. The minimum Gasteiger partial charge on any atom is -0.502 e. The van der Waals surface area contributed by atoms with Crippen molar-refractivity contribution in [1.29, 1.82) is 0 Å².